The van der Waals surface area contributed by atoms with Crippen LogP contribution in [0.15, 0.2) is 36.7 Å². The number of nitrogens with one attached hydrogen (secondary N) is 1. The first-order valence-corrected chi connectivity index (χ1v) is 7.37. The van der Waals surface area contributed by atoms with Crippen LogP contribution in [0.4, 0.5) is 5.69 Å². The molecule has 2 aromatic rings. The third-order valence-electron chi connectivity index (χ3n) is 3.43. The Balaban J connectivity index is 1.85. The number of aromatic nitrogens is 2. The number of rotatable bonds is 5. The Morgan fingerprint density at radius 2 is 1.67 bits per heavy atom. The van der Waals surface area contributed by atoms with E-state index in [1.807, 2.05) is 10.9 Å². The molecule has 0 unspecified atom stereocenters. The molecule has 21 heavy (non-hydrogen) atoms. The van der Waals surface area contributed by atoms with Gasteiger partial charge in [-0.05, 0) is 38.5 Å². The van der Waals surface area contributed by atoms with Gasteiger partial charge in [0.15, 0.2) is 0 Å². The Labute approximate surface area is 127 Å². The first-order valence-electron chi connectivity index (χ1n) is 7.37. The van der Waals surface area contributed by atoms with Gasteiger partial charge in [0.1, 0.15) is 0 Å². The van der Waals surface area contributed by atoms with Crippen LogP contribution in [0.25, 0.3) is 0 Å². The fourth-order valence-corrected chi connectivity index (χ4v) is 2.08. The van der Waals surface area contributed by atoms with Crippen molar-refractivity contribution in [3.05, 3.63) is 47.8 Å². The molecule has 1 aromatic heterocycles. The first-order chi connectivity index (χ1) is 9.86. The molecule has 4 nitrogen and oxygen atoms in total. The van der Waals surface area contributed by atoms with Gasteiger partial charge in [-0.1, -0.05) is 12.1 Å². The largest absolute Gasteiger partial charge is 0.378 e. The molecular formula is C17H26N4. The van der Waals surface area contributed by atoms with Crippen molar-refractivity contribution in [1.82, 2.24) is 15.1 Å². The summed E-state index contributed by atoms with van der Waals surface area (Å²) < 4.78 is 2.01. The zero-order chi connectivity index (χ0) is 15.5. The standard InChI is InChI=1S/C17H26N4/c1-17(2,3)21-13-15(12-19-21)11-18-10-14-6-8-16(9-7-14)20(4)5/h6-9,12-13,18H,10-11H2,1-5H3. The van der Waals surface area contributed by atoms with Gasteiger partial charge in [0.25, 0.3) is 0 Å². The summed E-state index contributed by atoms with van der Waals surface area (Å²) in [4.78, 5) is 2.11. The average Bonchev–Trinajstić information content (AvgIpc) is 2.88. The predicted molar refractivity (Wildman–Crippen MR) is 88.5 cm³/mol. The molecule has 0 aliphatic heterocycles. The molecule has 2 rings (SSSR count). The second-order valence-electron chi connectivity index (χ2n) is 6.63. The summed E-state index contributed by atoms with van der Waals surface area (Å²) in [6.45, 7) is 8.18. The quantitative estimate of drug-likeness (QED) is 0.917. The van der Waals surface area contributed by atoms with E-state index >= 15 is 0 Å². The lowest BCUT2D eigenvalue weighted by atomic mass is 10.1. The van der Waals surface area contributed by atoms with Gasteiger partial charge < -0.3 is 10.2 Å². The summed E-state index contributed by atoms with van der Waals surface area (Å²) in [5.74, 6) is 0. The molecule has 4 heteroatoms. The normalized spacial score (nSPS) is 11.7. The minimum Gasteiger partial charge on any atom is -0.378 e. The molecule has 1 heterocycles. The van der Waals surface area contributed by atoms with Gasteiger partial charge in [0.2, 0.25) is 0 Å². The minimum atomic E-state index is 0.0419. The van der Waals surface area contributed by atoms with E-state index in [9.17, 15) is 0 Å². The summed E-state index contributed by atoms with van der Waals surface area (Å²) >= 11 is 0. The van der Waals surface area contributed by atoms with Gasteiger partial charge >= 0.3 is 0 Å². The molecule has 1 N–H and O–H groups in total. The summed E-state index contributed by atoms with van der Waals surface area (Å²) in [5, 5.41) is 7.88. The second-order valence-corrected chi connectivity index (χ2v) is 6.63. The third-order valence-corrected chi connectivity index (χ3v) is 3.43. The molecule has 1 aromatic carbocycles. The topological polar surface area (TPSA) is 33.1 Å². The molecule has 0 spiro atoms. The molecule has 0 fully saturated rings. The smallest absolute Gasteiger partial charge is 0.0543 e. The molecule has 0 radical (unpaired) electrons. The van der Waals surface area contributed by atoms with E-state index in [2.05, 4.69) is 80.6 Å². The van der Waals surface area contributed by atoms with Gasteiger partial charge in [0, 0.05) is 44.6 Å². The highest BCUT2D eigenvalue weighted by atomic mass is 15.3. The Kier molecular flexibility index (Phi) is 4.68. The highest BCUT2D eigenvalue weighted by Crippen LogP contribution is 2.14. The lowest BCUT2D eigenvalue weighted by molar-refractivity contribution is 0.355. The average molecular weight is 286 g/mol. The van der Waals surface area contributed by atoms with Crippen molar-refractivity contribution >= 4 is 5.69 Å². The van der Waals surface area contributed by atoms with Crippen LogP contribution < -0.4 is 10.2 Å². The fraction of sp³-hybridized carbons (Fsp3) is 0.471. The highest BCUT2D eigenvalue weighted by Gasteiger charge is 2.13. The van der Waals surface area contributed by atoms with E-state index in [0.717, 1.165) is 13.1 Å². The molecule has 0 saturated heterocycles. The zero-order valence-corrected chi connectivity index (χ0v) is 13.7. The molecule has 0 aliphatic rings. The Morgan fingerprint density at radius 3 is 2.19 bits per heavy atom. The van der Waals surface area contributed by atoms with Crippen LogP contribution in [0.2, 0.25) is 0 Å². The maximum atomic E-state index is 4.42. The number of benzene rings is 1. The molecule has 0 bridgehead atoms. The van der Waals surface area contributed by atoms with E-state index in [1.165, 1.54) is 16.8 Å². The van der Waals surface area contributed by atoms with Crippen molar-refractivity contribution in [2.45, 2.75) is 39.4 Å². The number of anilines is 1. The molecule has 114 valence electrons. The summed E-state index contributed by atoms with van der Waals surface area (Å²) in [6, 6.07) is 8.63. The number of nitrogens with zero attached hydrogens (tertiary/aromatic N) is 3. The maximum absolute atomic E-state index is 4.42. The predicted octanol–water partition coefficient (Wildman–Crippen LogP) is 2.99. The van der Waals surface area contributed by atoms with Crippen molar-refractivity contribution in [2.75, 3.05) is 19.0 Å². The summed E-state index contributed by atoms with van der Waals surface area (Å²) in [5.41, 5.74) is 3.78. The molecular weight excluding hydrogens is 260 g/mol. The van der Waals surface area contributed by atoms with E-state index in [0.29, 0.717) is 0 Å². The zero-order valence-electron chi connectivity index (χ0n) is 13.7. The van der Waals surface area contributed by atoms with Gasteiger partial charge in [0.05, 0.1) is 11.7 Å². The van der Waals surface area contributed by atoms with E-state index in [4.69, 9.17) is 0 Å². The third kappa shape index (κ3) is 4.33. The number of hydrogen-bond donors (Lipinski definition) is 1. The molecule has 0 amide bonds. The van der Waals surface area contributed by atoms with Crippen LogP contribution in [0.5, 0.6) is 0 Å². The van der Waals surface area contributed by atoms with Crippen molar-refractivity contribution < 1.29 is 0 Å². The first kappa shape index (κ1) is 15.6. The van der Waals surface area contributed by atoms with Crippen molar-refractivity contribution in [3.8, 4) is 0 Å². The number of hydrogen-bond acceptors (Lipinski definition) is 3. The van der Waals surface area contributed by atoms with Crippen LogP contribution in [-0.2, 0) is 18.6 Å². The van der Waals surface area contributed by atoms with Crippen LogP contribution >= 0.6 is 0 Å². The Hall–Kier alpha value is -1.81. The van der Waals surface area contributed by atoms with E-state index < -0.39 is 0 Å². The molecule has 0 atom stereocenters. The molecule has 0 saturated carbocycles. The lowest BCUT2D eigenvalue weighted by Crippen LogP contribution is -2.22. The molecule has 0 aliphatic carbocycles. The fourth-order valence-electron chi connectivity index (χ4n) is 2.08. The van der Waals surface area contributed by atoms with Gasteiger partial charge in [-0.3, -0.25) is 4.68 Å². The monoisotopic (exact) mass is 286 g/mol. The van der Waals surface area contributed by atoms with Crippen LogP contribution in [0.1, 0.15) is 31.9 Å². The lowest BCUT2D eigenvalue weighted by Gasteiger charge is -2.18. The highest BCUT2D eigenvalue weighted by molar-refractivity contribution is 5.45. The van der Waals surface area contributed by atoms with Crippen LogP contribution in [0.3, 0.4) is 0 Å². The van der Waals surface area contributed by atoms with Crippen LogP contribution in [0, 0.1) is 0 Å². The summed E-state index contributed by atoms with van der Waals surface area (Å²) in [7, 11) is 4.11. The van der Waals surface area contributed by atoms with E-state index in [-0.39, 0.29) is 5.54 Å². The minimum absolute atomic E-state index is 0.0419. The van der Waals surface area contributed by atoms with Crippen LogP contribution in [-0.4, -0.2) is 23.9 Å². The Morgan fingerprint density at radius 1 is 1.05 bits per heavy atom. The van der Waals surface area contributed by atoms with Crippen molar-refractivity contribution in [3.63, 3.8) is 0 Å². The van der Waals surface area contributed by atoms with E-state index in [1.54, 1.807) is 0 Å². The summed E-state index contributed by atoms with van der Waals surface area (Å²) in [6.07, 6.45) is 4.05. The Bertz CT molecular complexity index is 561. The van der Waals surface area contributed by atoms with Gasteiger partial charge in [-0.2, -0.15) is 5.10 Å². The second kappa shape index (κ2) is 6.31. The maximum Gasteiger partial charge on any atom is 0.0543 e. The van der Waals surface area contributed by atoms with Gasteiger partial charge in [-0.25, -0.2) is 0 Å². The van der Waals surface area contributed by atoms with Crippen molar-refractivity contribution in [2.24, 2.45) is 0 Å². The van der Waals surface area contributed by atoms with Gasteiger partial charge in [-0.15, -0.1) is 0 Å². The SMILES string of the molecule is CN(C)c1ccc(CNCc2cnn(C(C)(C)C)c2)cc1. The van der Waals surface area contributed by atoms with Crippen molar-refractivity contribution in [1.29, 1.82) is 0 Å².